The Kier molecular flexibility index (Phi) is 12.5. The molecule has 1 fully saturated rings. The molecule has 3 atom stereocenters. The van der Waals surface area contributed by atoms with Crippen molar-refractivity contribution in [3.63, 3.8) is 0 Å². The Morgan fingerprint density at radius 1 is 1.00 bits per heavy atom. The molecule has 1 aliphatic heterocycles. The van der Waals surface area contributed by atoms with Gasteiger partial charge in [-0.1, -0.05) is 0 Å². The first kappa shape index (κ1) is 26.6. The lowest BCUT2D eigenvalue weighted by Crippen LogP contribution is -2.54. The van der Waals surface area contributed by atoms with E-state index in [0.29, 0.717) is 52.0 Å². The monoisotopic (exact) mass is 440 g/mol. The number of amides is 3. The molecule has 0 aromatic carbocycles. The Morgan fingerprint density at radius 2 is 1.61 bits per heavy atom. The summed E-state index contributed by atoms with van der Waals surface area (Å²) in [5.41, 5.74) is 21.9. The van der Waals surface area contributed by atoms with Gasteiger partial charge in [-0.05, 0) is 64.0 Å². The average molecular weight is 441 g/mol. The van der Waals surface area contributed by atoms with E-state index >= 15 is 0 Å². The largest absolute Gasteiger partial charge is 0.370 e. The van der Waals surface area contributed by atoms with Gasteiger partial charge in [0.25, 0.3) is 0 Å². The number of nitrogens with zero attached hydrogens (tertiary/aromatic N) is 2. The molecule has 178 valence electrons. The minimum atomic E-state index is -0.693. The fourth-order valence-corrected chi connectivity index (χ4v) is 3.67. The highest BCUT2D eigenvalue weighted by molar-refractivity contribution is 5.91. The van der Waals surface area contributed by atoms with E-state index in [4.69, 9.17) is 22.9 Å². The molecule has 1 rings (SSSR count). The van der Waals surface area contributed by atoms with Gasteiger partial charge in [-0.15, -0.1) is 0 Å². The van der Waals surface area contributed by atoms with Crippen LogP contribution in [0.4, 0.5) is 0 Å². The number of carbonyl (C=O) groups excluding carboxylic acids is 3. The van der Waals surface area contributed by atoms with E-state index < -0.39 is 12.1 Å². The normalized spacial score (nSPS) is 17.6. The van der Waals surface area contributed by atoms with Gasteiger partial charge in [0.05, 0.1) is 0 Å². The van der Waals surface area contributed by atoms with Gasteiger partial charge in [-0.3, -0.25) is 19.4 Å². The molecule has 0 bridgehead atoms. The summed E-state index contributed by atoms with van der Waals surface area (Å²) in [6.07, 6.45) is 4.71. The molecule has 0 aromatic rings. The van der Waals surface area contributed by atoms with Crippen molar-refractivity contribution in [2.24, 2.45) is 33.8 Å². The summed E-state index contributed by atoms with van der Waals surface area (Å²) in [7, 11) is 0. The second-order valence-electron chi connectivity index (χ2n) is 8.09. The number of nitrogens with two attached hydrogens (primary N) is 4. The van der Waals surface area contributed by atoms with Crippen molar-refractivity contribution in [2.75, 3.05) is 32.7 Å². The summed E-state index contributed by atoms with van der Waals surface area (Å²) in [4.78, 5) is 43.4. The molecule has 1 aliphatic rings. The fraction of sp³-hybridized carbons (Fsp3) is 0.800. The molecule has 1 saturated heterocycles. The Morgan fingerprint density at radius 3 is 2.16 bits per heavy atom. The maximum atomic E-state index is 13.2. The zero-order chi connectivity index (χ0) is 23.2. The first-order valence-corrected chi connectivity index (χ1v) is 11.1. The summed E-state index contributed by atoms with van der Waals surface area (Å²) < 4.78 is 0. The van der Waals surface area contributed by atoms with Gasteiger partial charge in [0, 0.05) is 26.6 Å². The van der Waals surface area contributed by atoms with Gasteiger partial charge in [-0.25, -0.2) is 0 Å². The van der Waals surface area contributed by atoms with E-state index in [2.05, 4.69) is 15.6 Å². The van der Waals surface area contributed by atoms with Crippen LogP contribution in [0.25, 0.3) is 0 Å². The van der Waals surface area contributed by atoms with E-state index in [-0.39, 0.29) is 29.6 Å². The van der Waals surface area contributed by atoms with Crippen LogP contribution in [0.3, 0.4) is 0 Å². The van der Waals surface area contributed by atoms with Gasteiger partial charge in [-0.2, -0.15) is 0 Å². The minimum absolute atomic E-state index is 0.0374. The fourth-order valence-electron chi connectivity index (χ4n) is 3.67. The molecule has 11 heteroatoms. The summed E-state index contributed by atoms with van der Waals surface area (Å²) >= 11 is 0. The summed E-state index contributed by atoms with van der Waals surface area (Å²) in [6, 6.07) is -1.35. The molecule has 3 amide bonds. The van der Waals surface area contributed by atoms with E-state index in [0.717, 1.165) is 25.7 Å². The lowest BCUT2D eigenvalue weighted by molar-refractivity contribution is -0.137. The van der Waals surface area contributed by atoms with Crippen LogP contribution in [0.5, 0.6) is 0 Å². The standard InChI is InChI=1S/C20H40N8O3/c1-14(29)26-16(6-2-4-9-21)18(30)27-17(7-3-5-10-22)19(31)28-11-8-15(13-28)12-25-20(23)24/h15-17H,2-13,21-22H2,1H3,(H,26,29)(H,27,30)(H4,23,24,25)/t15-,16-,17-/m0/s1. The average Bonchev–Trinajstić information content (AvgIpc) is 3.19. The lowest BCUT2D eigenvalue weighted by atomic mass is 10.0. The van der Waals surface area contributed by atoms with Crippen molar-refractivity contribution >= 4 is 23.7 Å². The zero-order valence-electron chi connectivity index (χ0n) is 18.6. The van der Waals surface area contributed by atoms with Crippen molar-refractivity contribution in [1.82, 2.24) is 15.5 Å². The van der Waals surface area contributed by atoms with Crippen molar-refractivity contribution in [1.29, 1.82) is 0 Å². The predicted molar refractivity (Wildman–Crippen MR) is 121 cm³/mol. The number of aliphatic imine (C=N–C) groups is 1. The SMILES string of the molecule is CC(=O)N[C@@H](CCCCN)C(=O)N[C@@H](CCCCN)C(=O)N1CC[C@@H](CN=C(N)N)C1. The molecule has 0 spiro atoms. The van der Waals surface area contributed by atoms with Crippen LogP contribution in [-0.4, -0.2) is 73.4 Å². The molecule has 0 saturated carbocycles. The van der Waals surface area contributed by atoms with Crippen LogP contribution in [0.15, 0.2) is 4.99 Å². The third kappa shape index (κ3) is 10.5. The van der Waals surface area contributed by atoms with Crippen LogP contribution < -0.4 is 33.6 Å². The first-order valence-electron chi connectivity index (χ1n) is 11.1. The number of carbonyl (C=O) groups is 3. The third-order valence-electron chi connectivity index (χ3n) is 5.33. The lowest BCUT2D eigenvalue weighted by Gasteiger charge is -2.26. The van der Waals surface area contributed by atoms with Gasteiger partial charge >= 0.3 is 0 Å². The Bertz CT molecular complexity index is 609. The van der Waals surface area contributed by atoms with Gasteiger partial charge in [0.2, 0.25) is 17.7 Å². The number of likely N-dealkylation sites (tertiary alicyclic amines) is 1. The summed E-state index contributed by atoms with van der Waals surface area (Å²) in [5.74, 6) is -0.540. The molecular formula is C20H40N8O3. The Hall–Kier alpha value is -2.40. The van der Waals surface area contributed by atoms with Crippen molar-refractivity contribution in [3.05, 3.63) is 0 Å². The highest BCUT2D eigenvalue weighted by atomic mass is 16.2. The zero-order valence-corrected chi connectivity index (χ0v) is 18.6. The van der Waals surface area contributed by atoms with E-state index in [1.165, 1.54) is 6.92 Å². The van der Waals surface area contributed by atoms with Gasteiger partial charge in [0.1, 0.15) is 12.1 Å². The van der Waals surface area contributed by atoms with E-state index in [9.17, 15) is 14.4 Å². The summed E-state index contributed by atoms with van der Waals surface area (Å²) in [5, 5.41) is 5.54. The molecular weight excluding hydrogens is 400 g/mol. The minimum Gasteiger partial charge on any atom is -0.370 e. The Labute approximate surface area is 184 Å². The van der Waals surface area contributed by atoms with Gasteiger partial charge < -0.3 is 38.5 Å². The summed E-state index contributed by atoms with van der Waals surface area (Å²) in [6.45, 7) is 4.02. The molecule has 0 radical (unpaired) electrons. The molecule has 1 heterocycles. The molecule has 10 N–H and O–H groups in total. The highest BCUT2D eigenvalue weighted by Crippen LogP contribution is 2.19. The first-order chi connectivity index (χ1) is 14.8. The number of rotatable bonds is 14. The van der Waals surface area contributed by atoms with Gasteiger partial charge in [0.15, 0.2) is 5.96 Å². The van der Waals surface area contributed by atoms with Crippen LogP contribution in [-0.2, 0) is 14.4 Å². The van der Waals surface area contributed by atoms with Crippen molar-refractivity contribution in [3.8, 4) is 0 Å². The van der Waals surface area contributed by atoms with Crippen LogP contribution in [0.2, 0.25) is 0 Å². The number of nitrogens with one attached hydrogen (secondary N) is 2. The number of hydrogen-bond donors (Lipinski definition) is 6. The topological polar surface area (TPSA) is 195 Å². The van der Waals surface area contributed by atoms with E-state index in [1.807, 2.05) is 0 Å². The molecule has 31 heavy (non-hydrogen) atoms. The maximum Gasteiger partial charge on any atom is 0.245 e. The number of guanidine groups is 1. The van der Waals surface area contributed by atoms with Crippen molar-refractivity contribution < 1.29 is 14.4 Å². The molecule has 0 unspecified atom stereocenters. The second kappa shape index (κ2) is 14.6. The van der Waals surface area contributed by atoms with Crippen LogP contribution in [0.1, 0.15) is 51.9 Å². The quantitative estimate of drug-likeness (QED) is 0.106. The van der Waals surface area contributed by atoms with Crippen LogP contribution in [0, 0.1) is 5.92 Å². The molecule has 0 aromatic heterocycles. The maximum absolute atomic E-state index is 13.2. The molecule has 11 nitrogen and oxygen atoms in total. The van der Waals surface area contributed by atoms with Crippen molar-refractivity contribution in [2.45, 2.75) is 64.0 Å². The second-order valence-corrected chi connectivity index (χ2v) is 8.09. The smallest absolute Gasteiger partial charge is 0.245 e. The molecule has 0 aliphatic carbocycles. The Balaban J connectivity index is 2.79. The highest BCUT2D eigenvalue weighted by Gasteiger charge is 2.32. The predicted octanol–water partition coefficient (Wildman–Crippen LogP) is -1.64. The van der Waals surface area contributed by atoms with E-state index in [1.54, 1.807) is 4.90 Å². The third-order valence-corrected chi connectivity index (χ3v) is 5.33. The number of unbranched alkanes of at least 4 members (excludes halogenated alkanes) is 2. The number of hydrogen-bond acceptors (Lipinski definition) is 6. The van der Waals surface area contributed by atoms with Crippen LogP contribution >= 0.6 is 0 Å².